The molecule has 0 aromatic carbocycles. The van der Waals surface area contributed by atoms with Crippen LogP contribution in [0.5, 0.6) is 11.5 Å². The minimum atomic E-state index is -0.115. The van der Waals surface area contributed by atoms with Gasteiger partial charge in [-0.05, 0) is 18.9 Å². The van der Waals surface area contributed by atoms with Crippen molar-refractivity contribution >= 4 is 34.7 Å². The van der Waals surface area contributed by atoms with Crippen molar-refractivity contribution in [2.24, 2.45) is 13.0 Å². The third kappa shape index (κ3) is 5.77. The van der Waals surface area contributed by atoms with Crippen LogP contribution in [0.3, 0.4) is 0 Å². The average Bonchev–Trinajstić information content (AvgIpc) is 3.63. The molecular weight excluding hydrogens is 512 g/mol. The third-order valence-electron chi connectivity index (χ3n) is 6.93. The van der Waals surface area contributed by atoms with E-state index >= 15 is 0 Å². The normalized spacial score (nSPS) is 17.6. The Bertz CT molecular complexity index is 1530. The lowest BCUT2D eigenvalue weighted by Crippen LogP contribution is -2.34. The number of anilines is 3. The number of nitrogens with one attached hydrogen (secondary N) is 2. The molecule has 1 atom stereocenters. The zero-order valence-electron chi connectivity index (χ0n) is 23.2. The van der Waals surface area contributed by atoms with Crippen molar-refractivity contribution in [3.8, 4) is 11.5 Å². The number of aryl methyl sites for hydroxylation is 1. The summed E-state index contributed by atoms with van der Waals surface area (Å²) >= 11 is 0. The van der Waals surface area contributed by atoms with Crippen molar-refractivity contribution in [2.45, 2.75) is 51.7 Å². The molecule has 2 N–H and O–H groups in total. The number of amides is 1. The molecule has 1 saturated carbocycles. The Kier molecular flexibility index (Phi) is 6.88. The van der Waals surface area contributed by atoms with E-state index in [0.717, 1.165) is 24.1 Å². The lowest BCUT2D eigenvalue weighted by atomic mass is 9.92. The summed E-state index contributed by atoms with van der Waals surface area (Å²) in [6, 6.07) is 7.37. The minimum absolute atomic E-state index is 0.00144. The standard InChI is InChI=1S/C28H34N8O4/c1-28(2,3)22-13-24(34-36(22)15-20-16-38-9-10-39-20)32-27-33-25-21(35(27)4)11-19(14-30-25)40-18-7-8-29-23(12-18)31-26(37)17-5-6-17/h7-8,11-14,17,20H,5-6,9-10,15-16H2,1-4H3,(H,29,31,37)(H,30,32,33,34)/t20-/m0/s1. The number of hydrogen-bond donors (Lipinski definition) is 2. The molecule has 0 radical (unpaired) electrons. The van der Waals surface area contributed by atoms with Gasteiger partial charge in [-0.3, -0.25) is 9.48 Å². The summed E-state index contributed by atoms with van der Waals surface area (Å²) in [4.78, 5) is 25.5. The number of rotatable bonds is 8. The molecule has 1 aliphatic heterocycles. The van der Waals surface area contributed by atoms with Crippen molar-refractivity contribution in [3.63, 3.8) is 0 Å². The maximum atomic E-state index is 12.1. The highest BCUT2D eigenvalue weighted by molar-refractivity contribution is 5.93. The summed E-state index contributed by atoms with van der Waals surface area (Å²) in [6.45, 7) is 8.88. The maximum Gasteiger partial charge on any atom is 0.228 e. The fourth-order valence-electron chi connectivity index (χ4n) is 4.64. The molecule has 2 aliphatic rings. The summed E-state index contributed by atoms with van der Waals surface area (Å²) in [5, 5.41) is 11.0. The second-order valence-corrected chi connectivity index (χ2v) is 11.3. The molecule has 12 heteroatoms. The molecule has 4 aromatic heterocycles. The first-order valence-electron chi connectivity index (χ1n) is 13.5. The van der Waals surface area contributed by atoms with Gasteiger partial charge in [-0.25, -0.2) is 9.97 Å². The summed E-state index contributed by atoms with van der Waals surface area (Å²) in [5.41, 5.74) is 2.34. The Morgan fingerprint density at radius 3 is 2.73 bits per heavy atom. The lowest BCUT2D eigenvalue weighted by Gasteiger charge is -2.26. The molecule has 5 heterocycles. The van der Waals surface area contributed by atoms with Gasteiger partial charge in [0, 0.05) is 48.5 Å². The van der Waals surface area contributed by atoms with E-state index in [4.69, 9.17) is 19.3 Å². The molecule has 0 spiro atoms. The molecule has 1 aliphatic carbocycles. The molecule has 0 unspecified atom stereocenters. The van der Waals surface area contributed by atoms with E-state index < -0.39 is 0 Å². The molecule has 1 saturated heterocycles. The van der Waals surface area contributed by atoms with Gasteiger partial charge >= 0.3 is 0 Å². The quantitative estimate of drug-likeness (QED) is 0.335. The number of carbonyl (C=O) groups excluding carboxylic acids is 1. The van der Waals surface area contributed by atoms with Crippen LogP contribution in [0.1, 0.15) is 39.3 Å². The van der Waals surface area contributed by atoms with Gasteiger partial charge in [0.05, 0.1) is 38.1 Å². The van der Waals surface area contributed by atoms with E-state index in [2.05, 4.69) is 46.4 Å². The summed E-state index contributed by atoms with van der Waals surface area (Å²) < 4.78 is 21.4. The number of hydrogen-bond acceptors (Lipinski definition) is 9. The Labute approximate surface area is 232 Å². The molecule has 12 nitrogen and oxygen atoms in total. The number of nitrogens with zero attached hydrogens (tertiary/aromatic N) is 6. The fourth-order valence-corrected chi connectivity index (χ4v) is 4.64. The Morgan fingerprint density at radius 2 is 1.98 bits per heavy atom. The maximum absolute atomic E-state index is 12.1. The summed E-state index contributed by atoms with van der Waals surface area (Å²) in [7, 11) is 1.91. The Balaban J connectivity index is 1.20. The van der Waals surface area contributed by atoms with E-state index in [1.807, 2.05) is 28.4 Å². The van der Waals surface area contributed by atoms with Gasteiger partial charge in [-0.1, -0.05) is 20.8 Å². The highest BCUT2D eigenvalue weighted by Crippen LogP contribution is 2.32. The monoisotopic (exact) mass is 546 g/mol. The van der Waals surface area contributed by atoms with E-state index in [-0.39, 0.29) is 23.3 Å². The van der Waals surface area contributed by atoms with Crippen LogP contribution in [0.15, 0.2) is 36.7 Å². The van der Waals surface area contributed by atoms with Crippen LogP contribution in [-0.2, 0) is 33.3 Å². The zero-order valence-corrected chi connectivity index (χ0v) is 23.2. The van der Waals surface area contributed by atoms with E-state index in [9.17, 15) is 4.79 Å². The first-order chi connectivity index (χ1) is 19.2. The predicted molar refractivity (Wildman–Crippen MR) is 149 cm³/mol. The topological polar surface area (TPSA) is 130 Å². The largest absolute Gasteiger partial charge is 0.455 e. The first kappa shape index (κ1) is 26.2. The number of carbonyl (C=O) groups is 1. The number of imidazole rings is 1. The van der Waals surface area contributed by atoms with Crippen molar-refractivity contribution in [2.75, 3.05) is 30.5 Å². The van der Waals surface area contributed by atoms with Crippen molar-refractivity contribution < 1.29 is 19.0 Å². The van der Waals surface area contributed by atoms with E-state index in [0.29, 0.717) is 61.1 Å². The van der Waals surface area contributed by atoms with Crippen LogP contribution in [0, 0.1) is 5.92 Å². The van der Waals surface area contributed by atoms with E-state index in [1.165, 1.54) is 0 Å². The third-order valence-corrected chi connectivity index (χ3v) is 6.93. The van der Waals surface area contributed by atoms with Gasteiger partial charge in [0.2, 0.25) is 11.9 Å². The lowest BCUT2D eigenvalue weighted by molar-refractivity contribution is -0.117. The van der Waals surface area contributed by atoms with Gasteiger partial charge < -0.3 is 29.4 Å². The number of pyridine rings is 2. The second kappa shape index (κ2) is 10.5. The Hall–Kier alpha value is -4.03. The molecule has 6 rings (SSSR count). The van der Waals surface area contributed by atoms with Gasteiger partial charge in [0.15, 0.2) is 11.5 Å². The van der Waals surface area contributed by atoms with Crippen LogP contribution in [0.4, 0.5) is 17.6 Å². The average molecular weight is 547 g/mol. The summed E-state index contributed by atoms with van der Waals surface area (Å²) in [5.74, 6) is 2.95. The Morgan fingerprint density at radius 1 is 1.12 bits per heavy atom. The molecule has 1 amide bonds. The van der Waals surface area contributed by atoms with Gasteiger partial charge in [0.1, 0.15) is 23.4 Å². The molecule has 210 valence electrons. The molecule has 2 fully saturated rings. The first-order valence-corrected chi connectivity index (χ1v) is 13.5. The highest BCUT2D eigenvalue weighted by Gasteiger charge is 2.30. The van der Waals surface area contributed by atoms with Crippen molar-refractivity contribution in [1.29, 1.82) is 0 Å². The van der Waals surface area contributed by atoms with Gasteiger partial charge in [-0.15, -0.1) is 0 Å². The number of ether oxygens (including phenoxy) is 3. The minimum Gasteiger partial charge on any atom is -0.455 e. The smallest absolute Gasteiger partial charge is 0.228 e. The van der Waals surface area contributed by atoms with Crippen LogP contribution in [0.25, 0.3) is 11.2 Å². The van der Waals surface area contributed by atoms with Gasteiger partial charge in [-0.2, -0.15) is 10.1 Å². The molecule has 0 bridgehead atoms. The fraction of sp³-hybridized carbons (Fsp3) is 0.464. The molecular formula is C28H34N8O4. The highest BCUT2D eigenvalue weighted by atomic mass is 16.6. The predicted octanol–water partition coefficient (Wildman–Crippen LogP) is 4.16. The second-order valence-electron chi connectivity index (χ2n) is 11.3. The zero-order chi connectivity index (χ0) is 27.9. The van der Waals surface area contributed by atoms with Crippen LogP contribution >= 0.6 is 0 Å². The van der Waals surface area contributed by atoms with Crippen molar-refractivity contribution in [1.82, 2.24) is 29.3 Å². The number of aromatic nitrogens is 6. The number of fused-ring (bicyclic) bond motifs is 1. The summed E-state index contributed by atoms with van der Waals surface area (Å²) in [6.07, 6.45) is 5.06. The van der Waals surface area contributed by atoms with E-state index in [1.54, 1.807) is 24.5 Å². The molecule has 40 heavy (non-hydrogen) atoms. The van der Waals surface area contributed by atoms with Crippen LogP contribution in [0.2, 0.25) is 0 Å². The van der Waals surface area contributed by atoms with Crippen LogP contribution < -0.4 is 15.4 Å². The van der Waals surface area contributed by atoms with Gasteiger partial charge in [0.25, 0.3) is 0 Å². The SMILES string of the molecule is Cn1c(Nc2cc(C(C)(C)C)n(C[C@H]3COCCO3)n2)nc2ncc(Oc3ccnc(NC(=O)C4CC4)c3)cc21. The van der Waals surface area contributed by atoms with Crippen LogP contribution in [-0.4, -0.2) is 61.1 Å². The molecule has 4 aromatic rings. The van der Waals surface area contributed by atoms with Crippen molar-refractivity contribution in [3.05, 3.63) is 42.4 Å².